The summed E-state index contributed by atoms with van der Waals surface area (Å²) in [6.45, 7) is 0. The number of rotatable bonds is 10. The van der Waals surface area contributed by atoms with Crippen LogP contribution >= 0.6 is 0 Å². The van der Waals surface area contributed by atoms with E-state index in [9.17, 15) is 57.6 Å². The summed E-state index contributed by atoms with van der Waals surface area (Å²) in [5, 5.41) is -14.1. The van der Waals surface area contributed by atoms with Crippen LogP contribution in [0.2, 0.25) is 0 Å². The Kier molecular flexibility index (Phi) is 8.51. The van der Waals surface area contributed by atoms with E-state index >= 15 is 0 Å². The van der Waals surface area contributed by atoms with Crippen LogP contribution in [0.25, 0.3) is 0 Å². The predicted octanol–water partition coefficient (Wildman–Crippen LogP) is 0.891. The smallest absolute Gasteiger partial charge is 0.293 e. The van der Waals surface area contributed by atoms with Crippen molar-refractivity contribution in [1.82, 2.24) is 4.72 Å². The highest BCUT2D eigenvalue weighted by molar-refractivity contribution is 7.91. The van der Waals surface area contributed by atoms with Gasteiger partial charge in [0.25, 0.3) is 5.91 Å². The lowest BCUT2D eigenvalue weighted by atomic mass is 10.1. The molecule has 0 atom stereocenters. The monoisotopic (exact) mass is 563 g/mol. The van der Waals surface area contributed by atoms with E-state index in [1.807, 2.05) is 0 Å². The Bertz CT molecular complexity index is 1200. The largest absolute Gasteiger partial charge is 0.439 e. The van der Waals surface area contributed by atoms with Crippen molar-refractivity contribution < 1.29 is 81.7 Å². The van der Waals surface area contributed by atoms with Crippen LogP contribution in [0, 0.1) is 0 Å². The van der Waals surface area contributed by atoms with Crippen LogP contribution in [0.15, 0.2) is 18.2 Å². The van der Waals surface area contributed by atoms with Crippen LogP contribution in [0.1, 0.15) is 31.1 Å². The number of halogens is 6. The van der Waals surface area contributed by atoms with Gasteiger partial charge in [-0.2, -0.15) is 53.0 Å². The molecule has 0 saturated carbocycles. The van der Waals surface area contributed by atoms with Crippen LogP contribution in [0.3, 0.4) is 0 Å². The number of sulfonamides is 1. The fourth-order valence-electron chi connectivity index (χ4n) is 1.99. The molecule has 0 unspecified atom stereocenters. The number of hydrogen-bond acceptors (Lipinski definition) is 11. The first-order valence-corrected chi connectivity index (χ1v) is 10.9. The summed E-state index contributed by atoms with van der Waals surface area (Å²) >= 11 is 0. The standard InChI is InChI=1S/C14H11F6NO12S2/c1-30-32-10(23)7-3-6(4-8(5-7)11(24)33-31-2)9(22)21-34(25,26)13(17,18)12(15,16)14(19,20)35(27,28)29/h3-5H,1-2H3,(H,21,22)(H,27,28,29). The molecule has 0 radical (unpaired) electrons. The zero-order chi connectivity index (χ0) is 27.6. The highest BCUT2D eigenvalue weighted by Gasteiger charge is 2.82. The lowest BCUT2D eigenvalue weighted by molar-refractivity contribution is -0.245. The molecular weight excluding hydrogens is 552 g/mol. The minimum Gasteiger partial charge on any atom is -0.293 e. The third kappa shape index (κ3) is 5.63. The summed E-state index contributed by atoms with van der Waals surface area (Å²) in [6.07, 6.45) is 0. The van der Waals surface area contributed by atoms with Gasteiger partial charge in [-0.25, -0.2) is 14.3 Å². The summed E-state index contributed by atoms with van der Waals surface area (Å²) < 4.78 is 134. The highest BCUT2D eigenvalue weighted by atomic mass is 32.2. The summed E-state index contributed by atoms with van der Waals surface area (Å²) in [5.41, 5.74) is -2.84. The number of amides is 1. The average molecular weight is 563 g/mol. The lowest BCUT2D eigenvalue weighted by Crippen LogP contribution is -2.63. The minimum atomic E-state index is -7.32. The number of hydrogen-bond donors (Lipinski definition) is 2. The molecule has 0 heterocycles. The molecule has 0 aliphatic carbocycles. The first-order valence-electron chi connectivity index (χ1n) is 8.00. The van der Waals surface area contributed by atoms with Gasteiger partial charge >= 0.3 is 48.5 Å². The van der Waals surface area contributed by atoms with Crippen LogP contribution in [0.5, 0.6) is 0 Å². The van der Waals surface area contributed by atoms with Crippen molar-refractivity contribution in [2.24, 2.45) is 0 Å². The Labute approximate surface area is 190 Å². The number of carbonyl (C=O) groups is 3. The van der Waals surface area contributed by atoms with Crippen LogP contribution in [-0.2, 0) is 39.7 Å². The van der Waals surface area contributed by atoms with Crippen molar-refractivity contribution in [2.45, 2.75) is 16.4 Å². The van der Waals surface area contributed by atoms with Gasteiger partial charge in [0.1, 0.15) is 0 Å². The molecule has 0 aromatic heterocycles. The van der Waals surface area contributed by atoms with E-state index < -0.39 is 71.1 Å². The van der Waals surface area contributed by atoms with Gasteiger partial charge in [0.05, 0.1) is 25.3 Å². The normalized spacial score (nSPS) is 13.2. The molecule has 0 saturated heterocycles. The van der Waals surface area contributed by atoms with E-state index in [0.717, 1.165) is 14.2 Å². The molecule has 21 heteroatoms. The molecule has 0 fully saturated rings. The molecule has 0 aliphatic heterocycles. The molecule has 0 spiro atoms. The summed E-state index contributed by atoms with van der Waals surface area (Å²) in [4.78, 5) is 51.9. The van der Waals surface area contributed by atoms with E-state index in [1.54, 1.807) is 0 Å². The molecular formula is C14H11F6NO12S2. The fraction of sp³-hybridized carbons (Fsp3) is 0.357. The molecule has 2 N–H and O–H groups in total. The van der Waals surface area contributed by atoms with Crippen molar-refractivity contribution >= 4 is 38.0 Å². The van der Waals surface area contributed by atoms with E-state index in [1.165, 1.54) is 0 Å². The maximum atomic E-state index is 13.9. The Balaban J connectivity index is 3.54. The topological polar surface area (TPSA) is 189 Å². The van der Waals surface area contributed by atoms with Crippen molar-refractivity contribution in [1.29, 1.82) is 0 Å². The third-order valence-electron chi connectivity index (χ3n) is 3.60. The first kappa shape index (κ1) is 30.0. The van der Waals surface area contributed by atoms with E-state index in [0.29, 0.717) is 18.2 Å². The van der Waals surface area contributed by atoms with Crippen molar-refractivity contribution in [3.8, 4) is 0 Å². The molecule has 0 aliphatic rings. The van der Waals surface area contributed by atoms with Gasteiger partial charge in [-0.3, -0.25) is 19.1 Å². The van der Waals surface area contributed by atoms with Crippen molar-refractivity contribution in [2.75, 3.05) is 14.2 Å². The zero-order valence-corrected chi connectivity index (χ0v) is 18.4. The van der Waals surface area contributed by atoms with Crippen LogP contribution in [0.4, 0.5) is 26.3 Å². The molecule has 198 valence electrons. The van der Waals surface area contributed by atoms with Crippen LogP contribution < -0.4 is 4.72 Å². The van der Waals surface area contributed by atoms with Gasteiger partial charge in [-0.15, -0.1) is 0 Å². The summed E-state index contributed by atoms with van der Waals surface area (Å²) in [6, 6.07) is 1.35. The second kappa shape index (κ2) is 9.93. The molecule has 0 bridgehead atoms. The predicted molar refractivity (Wildman–Crippen MR) is 94.1 cm³/mol. The highest BCUT2D eigenvalue weighted by Crippen LogP contribution is 2.50. The Morgan fingerprint density at radius 1 is 0.771 bits per heavy atom. The maximum Gasteiger partial charge on any atom is 0.439 e. The number of alkyl halides is 6. The minimum absolute atomic E-state index is 0.266. The van der Waals surface area contributed by atoms with Gasteiger partial charge in [0.2, 0.25) is 0 Å². The average Bonchev–Trinajstić information content (AvgIpc) is 2.72. The number of benzene rings is 1. The lowest BCUT2D eigenvalue weighted by Gasteiger charge is -2.30. The van der Waals surface area contributed by atoms with Crippen molar-refractivity contribution in [3.63, 3.8) is 0 Å². The maximum absolute atomic E-state index is 13.9. The third-order valence-corrected chi connectivity index (χ3v) is 5.89. The van der Waals surface area contributed by atoms with Gasteiger partial charge in [0, 0.05) is 5.56 Å². The summed E-state index contributed by atoms with van der Waals surface area (Å²) in [5.74, 6) is -12.6. The second-order valence-corrected chi connectivity index (χ2v) is 9.08. The first-order chi connectivity index (χ1) is 15.7. The SMILES string of the molecule is COOC(=O)c1cc(C(=O)NS(=O)(=O)C(F)(F)C(F)(F)C(F)(F)S(=O)(=O)O)cc(C(=O)OOC)c1. The molecule has 1 amide bonds. The second-order valence-electron chi connectivity index (χ2n) is 5.89. The Morgan fingerprint density at radius 3 is 1.49 bits per heavy atom. The van der Waals surface area contributed by atoms with Gasteiger partial charge < -0.3 is 0 Å². The van der Waals surface area contributed by atoms with E-state index in [-0.39, 0.29) is 4.72 Å². The van der Waals surface area contributed by atoms with Gasteiger partial charge in [0.15, 0.2) is 0 Å². The quantitative estimate of drug-likeness (QED) is 0.177. The Morgan fingerprint density at radius 2 is 1.14 bits per heavy atom. The van der Waals surface area contributed by atoms with E-state index in [4.69, 9.17) is 4.55 Å². The van der Waals surface area contributed by atoms with Gasteiger partial charge in [-0.1, -0.05) is 0 Å². The Hall–Kier alpha value is -3.01. The van der Waals surface area contributed by atoms with Crippen molar-refractivity contribution in [3.05, 3.63) is 34.9 Å². The van der Waals surface area contributed by atoms with E-state index in [2.05, 4.69) is 19.6 Å². The number of carbonyl (C=O) groups excluding carboxylic acids is 3. The van der Waals surface area contributed by atoms with Crippen LogP contribution in [-0.4, -0.2) is 69.9 Å². The zero-order valence-electron chi connectivity index (χ0n) is 16.8. The molecule has 1 aromatic carbocycles. The molecule has 35 heavy (non-hydrogen) atoms. The summed E-state index contributed by atoms with van der Waals surface area (Å²) in [7, 11) is -12.9. The van der Waals surface area contributed by atoms with Gasteiger partial charge in [-0.05, 0) is 18.2 Å². The molecule has 1 rings (SSSR count). The molecule has 13 nitrogen and oxygen atoms in total. The molecule has 1 aromatic rings. The fourth-order valence-corrected chi connectivity index (χ4v) is 3.46. The number of nitrogens with one attached hydrogen (secondary N) is 1.